The zero-order chi connectivity index (χ0) is 13.2. The Labute approximate surface area is 107 Å². The van der Waals surface area contributed by atoms with Crippen molar-refractivity contribution < 1.29 is 19.0 Å². The topological polar surface area (TPSA) is 50.7 Å². The molecule has 4 nitrogen and oxygen atoms in total. The predicted octanol–water partition coefficient (Wildman–Crippen LogP) is 1.32. The minimum Gasteiger partial charge on any atom is -0.491 e. The van der Waals surface area contributed by atoms with Crippen molar-refractivity contribution in [2.75, 3.05) is 33.0 Å². The van der Waals surface area contributed by atoms with Gasteiger partial charge in [-0.25, -0.2) is 4.39 Å². The first-order chi connectivity index (χ1) is 8.77. The van der Waals surface area contributed by atoms with E-state index in [-0.39, 0.29) is 12.4 Å². The zero-order valence-electron chi connectivity index (χ0n) is 10.6. The smallest absolute Gasteiger partial charge is 0.124 e. The first-order valence-corrected chi connectivity index (χ1v) is 6.08. The van der Waals surface area contributed by atoms with Gasteiger partial charge in [-0.2, -0.15) is 0 Å². The van der Waals surface area contributed by atoms with Gasteiger partial charge in [0, 0.05) is 12.1 Å². The predicted molar refractivity (Wildman–Crippen MR) is 67.2 cm³/mol. The number of hydrogen-bond acceptors (Lipinski definition) is 4. The first kappa shape index (κ1) is 14.9. The molecule has 18 heavy (non-hydrogen) atoms. The van der Waals surface area contributed by atoms with Gasteiger partial charge in [0.2, 0.25) is 0 Å². The van der Waals surface area contributed by atoms with E-state index in [0.717, 1.165) is 12.1 Å². The second-order valence-electron chi connectivity index (χ2n) is 3.72. The molecule has 5 heteroatoms. The van der Waals surface area contributed by atoms with E-state index in [1.165, 1.54) is 12.1 Å². The van der Waals surface area contributed by atoms with Gasteiger partial charge in [-0.3, -0.25) is 0 Å². The molecule has 1 rings (SSSR count). The first-order valence-electron chi connectivity index (χ1n) is 6.08. The Hall–Kier alpha value is -1.17. The molecule has 0 bridgehead atoms. The van der Waals surface area contributed by atoms with Crippen LogP contribution in [0.1, 0.15) is 12.5 Å². The summed E-state index contributed by atoms with van der Waals surface area (Å²) in [5.41, 5.74) is 0.791. The zero-order valence-corrected chi connectivity index (χ0v) is 10.6. The van der Waals surface area contributed by atoms with Crippen LogP contribution in [0.3, 0.4) is 0 Å². The van der Waals surface area contributed by atoms with Crippen LogP contribution in [0.15, 0.2) is 18.2 Å². The maximum Gasteiger partial charge on any atom is 0.124 e. The Morgan fingerprint density at radius 3 is 2.83 bits per heavy atom. The lowest BCUT2D eigenvalue weighted by atomic mass is 10.2. The second-order valence-corrected chi connectivity index (χ2v) is 3.72. The minimum atomic E-state index is -0.271. The van der Waals surface area contributed by atoms with Crippen LogP contribution in [0, 0.1) is 5.82 Å². The van der Waals surface area contributed by atoms with Gasteiger partial charge >= 0.3 is 0 Å². The highest BCUT2D eigenvalue weighted by molar-refractivity contribution is 5.33. The molecule has 0 saturated heterocycles. The van der Waals surface area contributed by atoms with Crippen molar-refractivity contribution in [1.82, 2.24) is 5.32 Å². The van der Waals surface area contributed by atoms with E-state index in [0.29, 0.717) is 32.1 Å². The standard InChI is InChI=1S/C13H20FNO3/c1-2-15-10-11-9-12(14)3-4-13(11)18-8-7-17-6-5-16/h3-4,9,15-16H,2,5-8,10H2,1H3. The maximum absolute atomic E-state index is 13.1. The molecule has 1 aromatic carbocycles. The van der Waals surface area contributed by atoms with E-state index in [2.05, 4.69) is 5.32 Å². The van der Waals surface area contributed by atoms with Crippen molar-refractivity contribution in [3.8, 4) is 5.75 Å². The van der Waals surface area contributed by atoms with Gasteiger partial charge in [0.25, 0.3) is 0 Å². The van der Waals surface area contributed by atoms with Gasteiger partial charge in [0.1, 0.15) is 18.2 Å². The molecule has 0 heterocycles. The molecule has 0 saturated carbocycles. The van der Waals surface area contributed by atoms with E-state index < -0.39 is 0 Å². The van der Waals surface area contributed by atoms with Crippen molar-refractivity contribution >= 4 is 0 Å². The van der Waals surface area contributed by atoms with Crippen molar-refractivity contribution in [3.63, 3.8) is 0 Å². The lowest BCUT2D eigenvalue weighted by Crippen LogP contribution is -2.14. The summed E-state index contributed by atoms with van der Waals surface area (Å²) in [7, 11) is 0. The fraction of sp³-hybridized carbons (Fsp3) is 0.538. The van der Waals surface area contributed by atoms with Crippen molar-refractivity contribution in [1.29, 1.82) is 0 Å². The Bertz CT molecular complexity index is 347. The number of ether oxygens (including phenoxy) is 2. The normalized spacial score (nSPS) is 10.6. The number of aliphatic hydroxyl groups is 1. The fourth-order valence-electron chi connectivity index (χ4n) is 1.46. The number of nitrogens with one attached hydrogen (secondary N) is 1. The third-order valence-corrected chi connectivity index (χ3v) is 2.31. The largest absolute Gasteiger partial charge is 0.491 e. The lowest BCUT2D eigenvalue weighted by molar-refractivity contribution is 0.0702. The molecule has 0 unspecified atom stereocenters. The summed E-state index contributed by atoms with van der Waals surface area (Å²) < 4.78 is 23.7. The summed E-state index contributed by atoms with van der Waals surface area (Å²) in [5, 5.41) is 11.7. The molecule has 0 amide bonds. The average Bonchev–Trinajstić information content (AvgIpc) is 2.38. The van der Waals surface area contributed by atoms with Crippen LogP contribution in [0.4, 0.5) is 4.39 Å². The number of benzene rings is 1. The van der Waals surface area contributed by atoms with Crippen LogP contribution in [-0.2, 0) is 11.3 Å². The second kappa shape index (κ2) is 8.85. The number of aliphatic hydroxyl groups excluding tert-OH is 1. The molecule has 0 spiro atoms. The highest BCUT2D eigenvalue weighted by Crippen LogP contribution is 2.19. The Kier molecular flexibility index (Phi) is 7.32. The van der Waals surface area contributed by atoms with Gasteiger partial charge < -0.3 is 19.9 Å². The van der Waals surface area contributed by atoms with E-state index in [4.69, 9.17) is 14.6 Å². The number of halogens is 1. The van der Waals surface area contributed by atoms with Crippen molar-refractivity contribution in [2.45, 2.75) is 13.5 Å². The summed E-state index contributed by atoms with van der Waals surface area (Å²) in [5.74, 6) is 0.386. The quantitative estimate of drug-likeness (QED) is 0.655. The summed E-state index contributed by atoms with van der Waals surface area (Å²) >= 11 is 0. The Morgan fingerprint density at radius 2 is 2.11 bits per heavy atom. The molecule has 2 N–H and O–H groups in total. The molecule has 0 fully saturated rings. The van der Waals surface area contributed by atoms with Crippen LogP contribution in [0.5, 0.6) is 5.75 Å². The van der Waals surface area contributed by atoms with Crippen LogP contribution in [-0.4, -0.2) is 38.1 Å². The molecule has 1 aromatic rings. The monoisotopic (exact) mass is 257 g/mol. The number of rotatable bonds is 9. The van der Waals surface area contributed by atoms with Crippen molar-refractivity contribution in [3.05, 3.63) is 29.6 Å². The molecule has 0 atom stereocenters. The molecule has 0 aliphatic carbocycles. The van der Waals surface area contributed by atoms with Crippen LogP contribution >= 0.6 is 0 Å². The van der Waals surface area contributed by atoms with Crippen molar-refractivity contribution in [2.24, 2.45) is 0 Å². The highest BCUT2D eigenvalue weighted by Gasteiger charge is 2.05. The molecular formula is C13H20FNO3. The average molecular weight is 257 g/mol. The van der Waals surface area contributed by atoms with E-state index in [9.17, 15) is 4.39 Å². The Balaban J connectivity index is 2.47. The maximum atomic E-state index is 13.1. The van der Waals surface area contributed by atoms with Crippen LogP contribution < -0.4 is 10.1 Å². The van der Waals surface area contributed by atoms with Gasteiger partial charge in [0.15, 0.2) is 0 Å². The number of hydrogen-bond donors (Lipinski definition) is 2. The summed E-state index contributed by atoms with van der Waals surface area (Å²) in [4.78, 5) is 0. The van der Waals surface area contributed by atoms with Crippen LogP contribution in [0.25, 0.3) is 0 Å². The Morgan fingerprint density at radius 1 is 1.28 bits per heavy atom. The molecular weight excluding hydrogens is 237 g/mol. The van der Waals surface area contributed by atoms with E-state index >= 15 is 0 Å². The third-order valence-electron chi connectivity index (χ3n) is 2.31. The van der Waals surface area contributed by atoms with E-state index in [1.807, 2.05) is 6.92 Å². The van der Waals surface area contributed by atoms with Gasteiger partial charge in [-0.05, 0) is 24.7 Å². The van der Waals surface area contributed by atoms with Gasteiger partial charge in [0.05, 0.1) is 19.8 Å². The van der Waals surface area contributed by atoms with Gasteiger partial charge in [-0.15, -0.1) is 0 Å². The molecule has 0 radical (unpaired) electrons. The summed E-state index contributed by atoms with van der Waals surface area (Å²) in [6.07, 6.45) is 0. The molecule has 0 aliphatic rings. The molecule has 0 aromatic heterocycles. The fourth-order valence-corrected chi connectivity index (χ4v) is 1.46. The van der Waals surface area contributed by atoms with E-state index in [1.54, 1.807) is 6.07 Å². The highest BCUT2D eigenvalue weighted by atomic mass is 19.1. The third kappa shape index (κ3) is 5.44. The molecule has 102 valence electrons. The van der Waals surface area contributed by atoms with Gasteiger partial charge in [-0.1, -0.05) is 6.92 Å². The lowest BCUT2D eigenvalue weighted by Gasteiger charge is -2.12. The minimum absolute atomic E-state index is 0.00220. The summed E-state index contributed by atoms with van der Waals surface area (Å²) in [6.45, 7) is 4.46. The van der Waals surface area contributed by atoms with Crippen LogP contribution in [0.2, 0.25) is 0 Å². The SMILES string of the molecule is CCNCc1cc(F)ccc1OCCOCCO. The summed E-state index contributed by atoms with van der Waals surface area (Å²) in [6, 6.07) is 4.46. The molecule has 0 aliphatic heterocycles.